The van der Waals surface area contributed by atoms with E-state index in [4.69, 9.17) is 4.74 Å². The van der Waals surface area contributed by atoms with E-state index in [1.165, 1.54) is 19.3 Å². The van der Waals surface area contributed by atoms with Gasteiger partial charge < -0.3 is 15.2 Å². The van der Waals surface area contributed by atoms with E-state index in [1.807, 2.05) is 18.2 Å². The van der Waals surface area contributed by atoms with Crippen LogP contribution in [0.1, 0.15) is 44.6 Å². The summed E-state index contributed by atoms with van der Waals surface area (Å²) in [5.41, 5.74) is 0.619. The zero-order valence-corrected chi connectivity index (χ0v) is 12.5. The van der Waals surface area contributed by atoms with Crippen molar-refractivity contribution in [3.63, 3.8) is 0 Å². The fourth-order valence-corrected chi connectivity index (χ4v) is 3.02. The number of benzene rings is 1. The molecule has 0 heterocycles. The maximum Gasteiger partial charge on any atom is 0.0906 e. The van der Waals surface area contributed by atoms with Crippen molar-refractivity contribution in [1.82, 2.24) is 5.32 Å². The van der Waals surface area contributed by atoms with Crippen LogP contribution in [0.4, 0.5) is 0 Å². The third-order valence-corrected chi connectivity index (χ3v) is 4.23. The molecular formula is C17H27NO2. The van der Waals surface area contributed by atoms with E-state index in [0.29, 0.717) is 12.7 Å². The van der Waals surface area contributed by atoms with E-state index >= 15 is 0 Å². The molecule has 112 valence electrons. The molecule has 1 unspecified atom stereocenters. The summed E-state index contributed by atoms with van der Waals surface area (Å²) in [5, 5.41) is 13.4. The first-order valence-corrected chi connectivity index (χ1v) is 7.84. The van der Waals surface area contributed by atoms with Gasteiger partial charge in [-0.2, -0.15) is 0 Å². The van der Waals surface area contributed by atoms with Gasteiger partial charge in [0.05, 0.1) is 24.9 Å². The van der Waals surface area contributed by atoms with Crippen LogP contribution in [0, 0.1) is 0 Å². The summed E-state index contributed by atoms with van der Waals surface area (Å²) in [7, 11) is 0. The minimum absolute atomic E-state index is 0.0531. The first-order chi connectivity index (χ1) is 9.80. The van der Waals surface area contributed by atoms with Gasteiger partial charge >= 0.3 is 0 Å². The van der Waals surface area contributed by atoms with E-state index in [9.17, 15) is 5.11 Å². The summed E-state index contributed by atoms with van der Waals surface area (Å²) in [6.07, 6.45) is 6.53. The first kappa shape index (κ1) is 15.5. The Labute approximate surface area is 122 Å². The van der Waals surface area contributed by atoms with Crippen molar-refractivity contribution >= 4 is 0 Å². The second-order valence-corrected chi connectivity index (χ2v) is 5.71. The molecule has 0 bridgehead atoms. The molecule has 0 radical (unpaired) electrons. The number of aliphatic hydroxyl groups is 1. The number of likely N-dealkylation sites (N-methyl/N-ethyl adjacent to an activating group) is 1. The molecule has 1 fully saturated rings. The number of nitrogens with one attached hydrogen (secondary N) is 1. The monoisotopic (exact) mass is 277 g/mol. The normalized spacial score (nSPS) is 19.7. The fraction of sp³-hybridized carbons (Fsp3) is 0.647. The molecule has 0 saturated heterocycles. The summed E-state index contributed by atoms with van der Waals surface area (Å²) in [6.45, 7) is 3.46. The second kappa shape index (κ2) is 7.77. The second-order valence-electron chi connectivity index (χ2n) is 5.71. The molecule has 1 aromatic carbocycles. The SMILES string of the molecule is CCNC(CO)(COC1CCCCC1)c1ccccc1. The maximum absolute atomic E-state index is 9.95. The zero-order valence-electron chi connectivity index (χ0n) is 12.5. The smallest absolute Gasteiger partial charge is 0.0906 e. The van der Waals surface area contributed by atoms with Crippen molar-refractivity contribution in [2.75, 3.05) is 19.8 Å². The van der Waals surface area contributed by atoms with Gasteiger partial charge in [-0.05, 0) is 24.9 Å². The van der Waals surface area contributed by atoms with Gasteiger partial charge in [0.25, 0.3) is 0 Å². The van der Waals surface area contributed by atoms with Gasteiger partial charge in [0.15, 0.2) is 0 Å². The number of hydrogen-bond donors (Lipinski definition) is 2. The molecule has 0 spiro atoms. The molecular weight excluding hydrogens is 250 g/mol. The average Bonchev–Trinajstić information content (AvgIpc) is 2.53. The fourth-order valence-electron chi connectivity index (χ4n) is 3.02. The molecule has 2 rings (SSSR count). The predicted molar refractivity (Wildman–Crippen MR) is 81.7 cm³/mol. The molecule has 1 aliphatic carbocycles. The standard InChI is InChI=1S/C17H27NO2/c1-2-18-17(13-19,15-9-5-3-6-10-15)14-20-16-11-7-4-8-12-16/h3,5-6,9-10,16,18-19H,2,4,7-8,11-14H2,1H3. The molecule has 1 aromatic rings. The Morgan fingerprint density at radius 1 is 1.20 bits per heavy atom. The van der Waals surface area contributed by atoms with Crippen molar-refractivity contribution in [3.8, 4) is 0 Å². The number of aliphatic hydroxyl groups excluding tert-OH is 1. The third kappa shape index (κ3) is 3.81. The Morgan fingerprint density at radius 2 is 1.90 bits per heavy atom. The largest absolute Gasteiger partial charge is 0.394 e. The Kier molecular flexibility index (Phi) is 6.02. The van der Waals surface area contributed by atoms with Crippen molar-refractivity contribution in [1.29, 1.82) is 0 Å². The van der Waals surface area contributed by atoms with E-state index in [0.717, 1.165) is 24.9 Å². The molecule has 2 N–H and O–H groups in total. The summed E-state index contributed by atoms with van der Waals surface area (Å²) in [5.74, 6) is 0. The lowest BCUT2D eigenvalue weighted by Gasteiger charge is -2.35. The highest BCUT2D eigenvalue weighted by Crippen LogP contribution is 2.25. The molecule has 20 heavy (non-hydrogen) atoms. The highest BCUT2D eigenvalue weighted by Gasteiger charge is 2.32. The van der Waals surface area contributed by atoms with Crippen LogP contribution in [0.5, 0.6) is 0 Å². The lowest BCUT2D eigenvalue weighted by atomic mass is 9.91. The molecule has 0 amide bonds. The van der Waals surface area contributed by atoms with Crippen molar-refractivity contribution < 1.29 is 9.84 Å². The van der Waals surface area contributed by atoms with Gasteiger partial charge in [0.1, 0.15) is 0 Å². The average molecular weight is 277 g/mol. The quantitative estimate of drug-likeness (QED) is 0.805. The van der Waals surface area contributed by atoms with Crippen LogP contribution in [0.3, 0.4) is 0 Å². The summed E-state index contributed by atoms with van der Waals surface area (Å²) < 4.78 is 6.12. The summed E-state index contributed by atoms with van der Waals surface area (Å²) in [6, 6.07) is 10.1. The number of ether oxygens (including phenoxy) is 1. The van der Waals surface area contributed by atoms with Gasteiger partial charge in [-0.25, -0.2) is 0 Å². The molecule has 1 saturated carbocycles. The summed E-state index contributed by atoms with van der Waals surface area (Å²) >= 11 is 0. The molecule has 1 atom stereocenters. The van der Waals surface area contributed by atoms with Crippen LogP contribution >= 0.6 is 0 Å². The van der Waals surface area contributed by atoms with Crippen LogP contribution < -0.4 is 5.32 Å². The van der Waals surface area contributed by atoms with Crippen LogP contribution in [0.15, 0.2) is 30.3 Å². The Morgan fingerprint density at radius 3 is 2.50 bits per heavy atom. The maximum atomic E-state index is 9.95. The molecule has 0 aromatic heterocycles. The molecule has 0 aliphatic heterocycles. The Balaban J connectivity index is 2.06. The number of rotatable bonds is 7. The van der Waals surface area contributed by atoms with Crippen molar-refractivity contribution in [2.45, 2.75) is 50.7 Å². The van der Waals surface area contributed by atoms with E-state index in [2.05, 4.69) is 24.4 Å². The number of hydrogen-bond acceptors (Lipinski definition) is 3. The highest BCUT2D eigenvalue weighted by molar-refractivity contribution is 5.25. The highest BCUT2D eigenvalue weighted by atomic mass is 16.5. The third-order valence-electron chi connectivity index (χ3n) is 4.23. The Bertz CT molecular complexity index is 376. The van der Waals surface area contributed by atoms with Crippen LogP contribution in [-0.2, 0) is 10.3 Å². The molecule has 3 heteroatoms. The minimum atomic E-state index is -0.479. The van der Waals surface area contributed by atoms with Gasteiger partial charge in [0, 0.05) is 0 Å². The van der Waals surface area contributed by atoms with Crippen molar-refractivity contribution in [2.24, 2.45) is 0 Å². The van der Waals surface area contributed by atoms with E-state index in [1.54, 1.807) is 0 Å². The van der Waals surface area contributed by atoms with Gasteiger partial charge in [0.2, 0.25) is 0 Å². The molecule has 3 nitrogen and oxygen atoms in total. The molecule has 1 aliphatic rings. The van der Waals surface area contributed by atoms with E-state index in [-0.39, 0.29) is 6.61 Å². The zero-order chi connectivity index (χ0) is 14.3. The van der Waals surface area contributed by atoms with Crippen LogP contribution in [0.25, 0.3) is 0 Å². The van der Waals surface area contributed by atoms with Gasteiger partial charge in [-0.3, -0.25) is 0 Å². The van der Waals surface area contributed by atoms with Gasteiger partial charge in [-0.1, -0.05) is 56.5 Å². The van der Waals surface area contributed by atoms with Gasteiger partial charge in [-0.15, -0.1) is 0 Å². The predicted octanol–water partition coefficient (Wildman–Crippen LogP) is 2.83. The summed E-state index contributed by atoms with van der Waals surface area (Å²) in [4.78, 5) is 0. The lowest BCUT2D eigenvalue weighted by molar-refractivity contribution is -0.0258. The Hall–Kier alpha value is -0.900. The lowest BCUT2D eigenvalue weighted by Crippen LogP contribution is -2.50. The first-order valence-electron chi connectivity index (χ1n) is 7.84. The van der Waals surface area contributed by atoms with Crippen LogP contribution in [0.2, 0.25) is 0 Å². The van der Waals surface area contributed by atoms with Crippen molar-refractivity contribution in [3.05, 3.63) is 35.9 Å². The van der Waals surface area contributed by atoms with E-state index < -0.39 is 5.54 Å². The topological polar surface area (TPSA) is 41.5 Å². The van der Waals surface area contributed by atoms with Crippen LogP contribution in [-0.4, -0.2) is 31.0 Å². The minimum Gasteiger partial charge on any atom is -0.394 e.